The van der Waals surface area contributed by atoms with Gasteiger partial charge in [-0.1, -0.05) is 19.8 Å². The van der Waals surface area contributed by atoms with Crippen molar-refractivity contribution >= 4 is 13.1 Å². The standard InChI is InChI=1S/C7H12O3.C2H7BO2.CH5N/c8-6-4-2-1-3-5(6)7(9)10;1-2-3(4)5;1-2/h5-6,8H,1-4H2,(H,9,10);4-5H,2H2,1H3;2H2,1H3/t5-,6+;;/m0../s1. The zero-order valence-corrected chi connectivity index (χ0v) is 10.5. The Labute approximate surface area is 103 Å². The second-order valence-corrected chi connectivity index (χ2v) is 3.69. The third kappa shape index (κ3) is 10.3. The molecule has 17 heavy (non-hydrogen) atoms. The van der Waals surface area contributed by atoms with Crippen LogP contribution in [0.3, 0.4) is 0 Å². The van der Waals surface area contributed by atoms with Crippen molar-refractivity contribution in [3.63, 3.8) is 0 Å². The summed E-state index contributed by atoms with van der Waals surface area (Å²) in [5, 5.41) is 33.5. The molecule has 102 valence electrons. The Balaban J connectivity index is 0. The number of aliphatic carboxylic acids is 1. The molecule has 0 aliphatic heterocycles. The molecule has 0 aromatic heterocycles. The number of hydrogen-bond acceptors (Lipinski definition) is 5. The summed E-state index contributed by atoms with van der Waals surface area (Å²) < 4.78 is 0. The Kier molecular flexibility index (Phi) is 13.1. The van der Waals surface area contributed by atoms with Crippen LogP contribution < -0.4 is 5.73 Å². The van der Waals surface area contributed by atoms with Gasteiger partial charge < -0.3 is 26.0 Å². The fraction of sp³-hybridized carbons (Fsp3) is 0.900. The van der Waals surface area contributed by atoms with Gasteiger partial charge in [0.25, 0.3) is 0 Å². The molecule has 6 N–H and O–H groups in total. The molecule has 0 spiro atoms. The van der Waals surface area contributed by atoms with Crippen molar-refractivity contribution in [1.82, 2.24) is 0 Å². The Morgan fingerprint density at radius 1 is 1.29 bits per heavy atom. The van der Waals surface area contributed by atoms with Gasteiger partial charge in [-0.05, 0) is 26.2 Å². The normalized spacial score (nSPS) is 22.5. The lowest BCUT2D eigenvalue weighted by atomic mass is 9.87. The van der Waals surface area contributed by atoms with Crippen molar-refractivity contribution in [2.75, 3.05) is 7.05 Å². The summed E-state index contributed by atoms with van der Waals surface area (Å²) >= 11 is 0. The van der Waals surface area contributed by atoms with Gasteiger partial charge in [-0.2, -0.15) is 0 Å². The highest BCUT2D eigenvalue weighted by atomic mass is 16.4. The van der Waals surface area contributed by atoms with Gasteiger partial charge >= 0.3 is 13.1 Å². The minimum atomic E-state index is -1.12. The minimum absolute atomic E-state index is 0.417. The molecule has 1 rings (SSSR count). The van der Waals surface area contributed by atoms with E-state index in [1.54, 1.807) is 6.92 Å². The first kappa shape index (κ1) is 18.7. The first-order valence-corrected chi connectivity index (χ1v) is 5.83. The number of carboxylic acids is 1. The summed E-state index contributed by atoms with van der Waals surface area (Å²) in [6.45, 7) is 1.70. The van der Waals surface area contributed by atoms with E-state index in [4.69, 9.17) is 20.3 Å². The van der Waals surface area contributed by atoms with E-state index in [9.17, 15) is 4.79 Å². The van der Waals surface area contributed by atoms with Crippen molar-refractivity contribution in [2.24, 2.45) is 11.7 Å². The van der Waals surface area contributed by atoms with Crippen molar-refractivity contribution in [2.45, 2.75) is 45.0 Å². The van der Waals surface area contributed by atoms with Gasteiger partial charge in [-0.15, -0.1) is 0 Å². The molecule has 1 aliphatic carbocycles. The molecule has 2 atom stereocenters. The van der Waals surface area contributed by atoms with Crippen LogP contribution >= 0.6 is 0 Å². The molecule has 0 aromatic carbocycles. The molecule has 0 aromatic rings. The first-order chi connectivity index (χ1) is 7.99. The summed E-state index contributed by atoms with van der Waals surface area (Å²) in [7, 11) is 0.384. The molecule has 1 fully saturated rings. The number of hydrogen-bond donors (Lipinski definition) is 5. The third-order valence-electron chi connectivity index (χ3n) is 2.41. The predicted octanol–water partition coefficient (Wildman–Crippen LogP) is -0.324. The smallest absolute Gasteiger partial charge is 0.451 e. The number of aliphatic hydroxyl groups excluding tert-OH is 1. The fourth-order valence-electron chi connectivity index (χ4n) is 1.40. The molecular formula is C10H24BNO5. The van der Waals surface area contributed by atoms with Crippen LogP contribution in [0.1, 0.15) is 32.6 Å². The monoisotopic (exact) mass is 249 g/mol. The van der Waals surface area contributed by atoms with E-state index in [1.165, 1.54) is 7.05 Å². The number of aliphatic hydroxyl groups is 1. The van der Waals surface area contributed by atoms with E-state index in [-0.39, 0.29) is 0 Å². The van der Waals surface area contributed by atoms with Crippen LogP contribution in [0, 0.1) is 5.92 Å². The van der Waals surface area contributed by atoms with Crippen LogP contribution in [-0.4, -0.2) is 46.5 Å². The molecule has 0 unspecified atom stereocenters. The molecule has 0 amide bonds. The summed E-state index contributed by atoms with van der Waals surface area (Å²) in [5.41, 5.74) is 4.50. The molecule has 7 heteroatoms. The van der Waals surface area contributed by atoms with Gasteiger partial charge in [0.2, 0.25) is 0 Å². The molecule has 0 saturated heterocycles. The van der Waals surface area contributed by atoms with Crippen LogP contribution in [-0.2, 0) is 4.79 Å². The van der Waals surface area contributed by atoms with E-state index in [0.29, 0.717) is 19.2 Å². The SMILES string of the molecule is CCB(O)O.CN.O=C(O)[C@H]1CCCC[C@H]1O. The van der Waals surface area contributed by atoms with Gasteiger partial charge in [-0.3, -0.25) is 4.79 Å². The average Bonchev–Trinajstić information content (AvgIpc) is 2.32. The van der Waals surface area contributed by atoms with E-state index in [1.807, 2.05) is 0 Å². The van der Waals surface area contributed by atoms with Crippen molar-refractivity contribution in [3.05, 3.63) is 0 Å². The van der Waals surface area contributed by atoms with Gasteiger partial charge in [0, 0.05) is 0 Å². The lowest BCUT2D eigenvalue weighted by Gasteiger charge is -2.23. The van der Waals surface area contributed by atoms with Crippen molar-refractivity contribution in [3.8, 4) is 0 Å². The second-order valence-electron chi connectivity index (χ2n) is 3.69. The fourth-order valence-corrected chi connectivity index (χ4v) is 1.40. The van der Waals surface area contributed by atoms with Crippen molar-refractivity contribution in [1.29, 1.82) is 0 Å². The number of nitrogens with two attached hydrogens (primary N) is 1. The summed E-state index contributed by atoms with van der Waals surface area (Å²) in [6, 6.07) is 0. The maximum atomic E-state index is 10.4. The zero-order chi connectivity index (χ0) is 13.8. The van der Waals surface area contributed by atoms with Gasteiger partial charge in [0.05, 0.1) is 12.0 Å². The molecular weight excluding hydrogens is 225 g/mol. The minimum Gasteiger partial charge on any atom is -0.481 e. The van der Waals surface area contributed by atoms with Crippen LogP contribution in [0.4, 0.5) is 0 Å². The summed E-state index contributed by atoms with van der Waals surface area (Å²) in [5.74, 6) is -1.36. The van der Waals surface area contributed by atoms with Crippen molar-refractivity contribution < 1.29 is 25.1 Å². The van der Waals surface area contributed by atoms with E-state index in [0.717, 1.165) is 12.8 Å². The highest BCUT2D eigenvalue weighted by Gasteiger charge is 2.28. The van der Waals surface area contributed by atoms with E-state index in [2.05, 4.69) is 5.73 Å². The Morgan fingerprint density at radius 2 is 1.71 bits per heavy atom. The molecule has 1 saturated carbocycles. The first-order valence-electron chi connectivity index (χ1n) is 5.83. The summed E-state index contributed by atoms with van der Waals surface area (Å²) in [6.07, 6.45) is 3.00. The lowest BCUT2D eigenvalue weighted by molar-refractivity contribution is -0.147. The van der Waals surface area contributed by atoms with Gasteiger partial charge in [0.15, 0.2) is 0 Å². The van der Waals surface area contributed by atoms with Crippen LogP contribution in [0.2, 0.25) is 6.32 Å². The topological polar surface area (TPSA) is 124 Å². The summed E-state index contributed by atoms with van der Waals surface area (Å²) in [4.78, 5) is 10.4. The quantitative estimate of drug-likeness (QED) is 0.427. The molecule has 1 aliphatic rings. The number of carbonyl (C=O) groups is 1. The Hall–Kier alpha value is -0.625. The Bertz CT molecular complexity index is 192. The third-order valence-corrected chi connectivity index (χ3v) is 2.41. The molecule has 0 radical (unpaired) electrons. The lowest BCUT2D eigenvalue weighted by Crippen LogP contribution is -2.30. The Morgan fingerprint density at radius 3 is 1.94 bits per heavy atom. The van der Waals surface area contributed by atoms with Gasteiger partial charge in [-0.25, -0.2) is 0 Å². The zero-order valence-electron chi connectivity index (χ0n) is 10.5. The average molecular weight is 249 g/mol. The number of carboxylic acid groups (broad SMARTS) is 1. The maximum absolute atomic E-state index is 10.4. The largest absolute Gasteiger partial charge is 0.481 e. The number of rotatable bonds is 2. The van der Waals surface area contributed by atoms with Crippen LogP contribution in [0.25, 0.3) is 0 Å². The van der Waals surface area contributed by atoms with Crippen LogP contribution in [0.15, 0.2) is 0 Å². The van der Waals surface area contributed by atoms with Gasteiger partial charge in [0.1, 0.15) is 0 Å². The maximum Gasteiger partial charge on any atom is 0.451 e. The molecule has 0 heterocycles. The predicted molar refractivity (Wildman–Crippen MR) is 66.4 cm³/mol. The van der Waals surface area contributed by atoms with E-state index < -0.39 is 25.1 Å². The van der Waals surface area contributed by atoms with E-state index >= 15 is 0 Å². The highest BCUT2D eigenvalue weighted by Crippen LogP contribution is 2.23. The molecule has 6 nitrogen and oxygen atoms in total. The second kappa shape index (κ2) is 11.8. The highest BCUT2D eigenvalue weighted by molar-refractivity contribution is 6.40. The molecule has 0 bridgehead atoms. The van der Waals surface area contributed by atoms with Crippen LogP contribution in [0.5, 0.6) is 0 Å².